The molecule has 0 saturated carbocycles. The average Bonchev–Trinajstić information content (AvgIpc) is 2.21. The maximum atomic E-state index is 12.7. The van der Waals surface area contributed by atoms with Crippen molar-refractivity contribution in [1.29, 1.82) is 0 Å². The largest absolute Gasteiger partial charge is 0.381 e. The smallest absolute Gasteiger partial charge is 0.304 e. The zero-order valence-electron chi connectivity index (χ0n) is 11.7. The maximum Gasteiger partial charge on any atom is 0.381 e. The lowest BCUT2D eigenvalue weighted by Gasteiger charge is -2.21. The third-order valence-electron chi connectivity index (χ3n) is 2.33. The molecule has 0 radical (unpaired) electrons. The normalized spacial score (nSPS) is 11.9. The zero-order chi connectivity index (χ0) is 13.4. The molecule has 0 rings (SSSR count). The third-order valence-corrected chi connectivity index (χ3v) is 4.30. The van der Waals surface area contributed by atoms with Crippen LogP contribution < -0.4 is 0 Å². The van der Waals surface area contributed by atoms with Gasteiger partial charge in [0.25, 0.3) is 0 Å². The Morgan fingerprint density at radius 3 is 1.12 bits per heavy atom. The van der Waals surface area contributed by atoms with E-state index in [-0.39, 0.29) is 0 Å². The SMILES string of the molecule is CCN(CC)CC.CN(C)P(=O)(F)N(C)C. The summed E-state index contributed by atoms with van der Waals surface area (Å²) < 4.78 is 25.7. The second-order valence-corrected chi connectivity index (χ2v) is 6.33. The molecule has 4 nitrogen and oxygen atoms in total. The molecule has 6 heteroatoms. The van der Waals surface area contributed by atoms with Crippen molar-refractivity contribution in [3.8, 4) is 0 Å². The van der Waals surface area contributed by atoms with Gasteiger partial charge in [0.1, 0.15) is 0 Å². The highest BCUT2D eigenvalue weighted by atomic mass is 31.2. The molecular formula is C10H27FN3OP. The Balaban J connectivity index is 0. The molecule has 0 heterocycles. The van der Waals surface area contributed by atoms with Gasteiger partial charge in [-0.3, -0.25) is 4.57 Å². The van der Waals surface area contributed by atoms with E-state index < -0.39 is 7.75 Å². The molecule has 0 aromatic carbocycles. The molecular weight excluding hydrogens is 228 g/mol. The van der Waals surface area contributed by atoms with Crippen LogP contribution in [0.2, 0.25) is 0 Å². The Morgan fingerprint density at radius 2 is 1.12 bits per heavy atom. The molecule has 0 saturated heterocycles. The van der Waals surface area contributed by atoms with Crippen LogP contribution in [0.4, 0.5) is 4.20 Å². The molecule has 0 aromatic heterocycles. The van der Waals surface area contributed by atoms with E-state index in [0.29, 0.717) is 0 Å². The summed E-state index contributed by atoms with van der Waals surface area (Å²) in [4.78, 5) is 2.38. The second-order valence-electron chi connectivity index (χ2n) is 3.79. The van der Waals surface area contributed by atoms with E-state index in [4.69, 9.17) is 0 Å². The van der Waals surface area contributed by atoms with E-state index in [2.05, 4.69) is 25.7 Å². The van der Waals surface area contributed by atoms with E-state index in [0.717, 1.165) is 9.34 Å². The summed E-state index contributed by atoms with van der Waals surface area (Å²) in [5.74, 6) is 0. The fourth-order valence-corrected chi connectivity index (χ4v) is 1.74. The van der Waals surface area contributed by atoms with Crippen molar-refractivity contribution in [2.24, 2.45) is 0 Å². The van der Waals surface area contributed by atoms with E-state index in [1.165, 1.54) is 47.8 Å². The van der Waals surface area contributed by atoms with Gasteiger partial charge < -0.3 is 4.90 Å². The van der Waals surface area contributed by atoms with Crippen LogP contribution >= 0.6 is 7.75 Å². The maximum absolute atomic E-state index is 12.7. The van der Waals surface area contributed by atoms with Crippen LogP contribution in [0.15, 0.2) is 0 Å². The number of rotatable bonds is 5. The Labute approximate surface area is 100.0 Å². The molecule has 0 N–H and O–H groups in total. The summed E-state index contributed by atoms with van der Waals surface area (Å²) >= 11 is 0. The molecule has 0 bridgehead atoms. The van der Waals surface area contributed by atoms with Gasteiger partial charge in [-0.1, -0.05) is 20.8 Å². The Morgan fingerprint density at radius 1 is 0.875 bits per heavy atom. The van der Waals surface area contributed by atoms with Crippen LogP contribution in [-0.4, -0.2) is 62.1 Å². The van der Waals surface area contributed by atoms with Gasteiger partial charge in [-0.25, -0.2) is 9.34 Å². The van der Waals surface area contributed by atoms with Crippen LogP contribution in [0.5, 0.6) is 0 Å². The predicted molar refractivity (Wildman–Crippen MR) is 69.6 cm³/mol. The van der Waals surface area contributed by atoms with Crippen LogP contribution in [-0.2, 0) is 4.57 Å². The first-order valence-corrected chi connectivity index (χ1v) is 7.11. The average molecular weight is 255 g/mol. The third kappa shape index (κ3) is 7.34. The highest BCUT2D eigenvalue weighted by molar-refractivity contribution is 7.53. The molecule has 0 atom stereocenters. The Bertz CT molecular complexity index is 191. The number of nitrogens with zero attached hydrogens (tertiary/aromatic N) is 3. The van der Waals surface area contributed by atoms with Gasteiger partial charge in [-0.15, -0.1) is 0 Å². The minimum atomic E-state index is -3.67. The van der Waals surface area contributed by atoms with Gasteiger partial charge in [-0.2, -0.15) is 4.20 Å². The molecule has 16 heavy (non-hydrogen) atoms. The molecule has 100 valence electrons. The molecule has 0 unspecified atom stereocenters. The molecule has 0 aromatic rings. The lowest BCUT2D eigenvalue weighted by molar-refractivity contribution is 0.321. The summed E-state index contributed by atoms with van der Waals surface area (Å²) in [5.41, 5.74) is 0. The van der Waals surface area contributed by atoms with Crippen LogP contribution in [0, 0.1) is 0 Å². The van der Waals surface area contributed by atoms with Gasteiger partial charge >= 0.3 is 7.75 Å². The lowest BCUT2D eigenvalue weighted by atomic mass is 10.5. The predicted octanol–water partition coefficient (Wildman–Crippen LogP) is 2.54. The number of hydrogen-bond acceptors (Lipinski definition) is 2. The Hall–Kier alpha value is 0.0400. The standard InChI is InChI=1S/C6H15N.C4H12FN2OP/c1-4-7(5-2)6-3;1-6(2)9(5,8)7(3)4/h4-6H2,1-3H3;1-4H3. The van der Waals surface area contributed by atoms with E-state index in [1.54, 1.807) is 0 Å². The van der Waals surface area contributed by atoms with Gasteiger partial charge in [-0.05, 0) is 47.8 Å². The summed E-state index contributed by atoms with van der Waals surface area (Å²) in [6, 6.07) is 0. The van der Waals surface area contributed by atoms with Gasteiger partial charge in [0.15, 0.2) is 0 Å². The minimum absolute atomic E-state index is 1.08. The fourth-order valence-electron chi connectivity index (χ4n) is 1.03. The highest BCUT2D eigenvalue weighted by Gasteiger charge is 2.26. The monoisotopic (exact) mass is 255 g/mol. The molecule has 0 amide bonds. The number of hydrogen-bond donors (Lipinski definition) is 0. The van der Waals surface area contributed by atoms with Crippen molar-refractivity contribution in [2.45, 2.75) is 20.8 Å². The topological polar surface area (TPSA) is 26.8 Å². The van der Waals surface area contributed by atoms with Crippen LogP contribution in [0.25, 0.3) is 0 Å². The van der Waals surface area contributed by atoms with Gasteiger partial charge in [0.2, 0.25) is 0 Å². The number of halogens is 1. The van der Waals surface area contributed by atoms with Crippen molar-refractivity contribution in [3.05, 3.63) is 0 Å². The summed E-state index contributed by atoms with van der Waals surface area (Å²) in [6.07, 6.45) is 0. The minimum Gasteiger partial charge on any atom is -0.304 e. The van der Waals surface area contributed by atoms with Crippen molar-refractivity contribution in [1.82, 2.24) is 14.2 Å². The quantitative estimate of drug-likeness (QED) is 0.705. The summed E-state index contributed by atoms with van der Waals surface area (Å²) in [5, 5.41) is 0. The fraction of sp³-hybridized carbons (Fsp3) is 1.00. The first-order valence-electron chi connectivity index (χ1n) is 5.61. The second kappa shape index (κ2) is 9.11. The molecule has 0 fully saturated rings. The Kier molecular flexibility index (Phi) is 10.5. The summed E-state index contributed by atoms with van der Waals surface area (Å²) in [7, 11) is 2.11. The lowest BCUT2D eigenvalue weighted by Crippen LogP contribution is -2.21. The van der Waals surface area contributed by atoms with E-state index >= 15 is 0 Å². The van der Waals surface area contributed by atoms with Crippen molar-refractivity contribution < 1.29 is 8.76 Å². The first-order chi connectivity index (χ1) is 7.23. The zero-order valence-corrected chi connectivity index (χ0v) is 12.6. The molecule has 0 aliphatic carbocycles. The van der Waals surface area contributed by atoms with E-state index in [1.807, 2.05) is 0 Å². The van der Waals surface area contributed by atoms with Gasteiger partial charge in [0.05, 0.1) is 0 Å². The first kappa shape index (κ1) is 18.4. The summed E-state index contributed by atoms with van der Waals surface area (Å²) in [6.45, 7) is 10.1. The van der Waals surface area contributed by atoms with Crippen LogP contribution in [0.1, 0.15) is 20.8 Å². The molecule has 0 spiro atoms. The van der Waals surface area contributed by atoms with Gasteiger partial charge in [0, 0.05) is 0 Å². The van der Waals surface area contributed by atoms with Crippen molar-refractivity contribution >= 4 is 7.75 Å². The van der Waals surface area contributed by atoms with Crippen LogP contribution in [0.3, 0.4) is 0 Å². The van der Waals surface area contributed by atoms with Crippen molar-refractivity contribution in [2.75, 3.05) is 47.8 Å². The molecule has 0 aliphatic rings. The van der Waals surface area contributed by atoms with Crippen molar-refractivity contribution in [3.63, 3.8) is 0 Å². The molecule has 0 aliphatic heterocycles. The highest BCUT2D eigenvalue weighted by Crippen LogP contribution is 2.50. The van der Waals surface area contributed by atoms with E-state index in [9.17, 15) is 8.76 Å².